The van der Waals surface area contributed by atoms with E-state index in [-0.39, 0.29) is 17.9 Å². The maximum atomic E-state index is 12.6. The normalized spacial score (nSPS) is 15.0. The van der Waals surface area contributed by atoms with Crippen molar-refractivity contribution >= 4 is 28.3 Å². The number of hydrogen-bond acceptors (Lipinski definition) is 5. The highest BCUT2D eigenvalue weighted by atomic mass is 32.1. The largest absolute Gasteiger partial charge is 0.490 e. The number of piperidine rings is 1. The number of likely N-dealkylation sites (tertiary alicyclic amines) is 1. The number of nitrogens with zero attached hydrogens (tertiary/aromatic N) is 2. The van der Waals surface area contributed by atoms with Crippen molar-refractivity contribution in [3.8, 4) is 5.75 Å². The van der Waals surface area contributed by atoms with E-state index in [0.29, 0.717) is 23.9 Å². The predicted molar refractivity (Wildman–Crippen MR) is 102 cm³/mol. The number of aryl methyl sites for hydroxylation is 2. The summed E-state index contributed by atoms with van der Waals surface area (Å²) < 4.78 is 6.07. The highest BCUT2D eigenvalue weighted by molar-refractivity contribution is 7.14. The molecule has 0 spiro atoms. The molecule has 6 nitrogen and oxygen atoms in total. The topological polar surface area (TPSA) is 71.5 Å². The number of nitrogens with one attached hydrogen (secondary N) is 1. The van der Waals surface area contributed by atoms with Gasteiger partial charge >= 0.3 is 0 Å². The summed E-state index contributed by atoms with van der Waals surface area (Å²) in [6.45, 7) is 6.86. The molecular formula is C19H23N3O3S. The Bertz CT molecular complexity index is 810. The molecule has 1 fully saturated rings. The fourth-order valence-electron chi connectivity index (χ4n) is 2.90. The summed E-state index contributed by atoms with van der Waals surface area (Å²) in [4.78, 5) is 29.6. The summed E-state index contributed by atoms with van der Waals surface area (Å²) in [6.07, 6.45) is 1.70. The lowest BCUT2D eigenvalue weighted by Crippen LogP contribution is -2.41. The molecule has 7 heteroatoms. The molecule has 2 heterocycles. The zero-order chi connectivity index (χ0) is 18.7. The van der Waals surface area contributed by atoms with Crippen LogP contribution in [-0.4, -0.2) is 40.9 Å². The van der Waals surface area contributed by atoms with Crippen molar-refractivity contribution in [1.29, 1.82) is 0 Å². The van der Waals surface area contributed by atoms with Crippen LogP contribution in [0.4, 0.5) is 5.13 Å². The standard InChI is InChI=1S/C19H23N3O3S/c1-12-4-5-16(10-13(12)2)25-15-6-8-22(9-7-15)18(24)17-11-26-19(21-17)20-14(3)23/h4-5,10-11,15H,6-9H2,1-3H3,(H,20,21,23). The van der Waals surface area contributed by atoms with E-state index in [1.165, 1.54) is 29.4 Å². The molecule has 3 rings (SSSR count). The molecule has 1 N–H and O–H groups in total. The van der Waals surface area contributed by atoms with E-state index in [4.69, 9.17) is 4.74 Å². The summed E-state index contributed by atoms with van der Waals surface area (Å²) in [6, 6.07) is 6.13. The van der Waals surface area contributed by atoms with E-state index in [2.05, 4.69) is 36.3 Å². The lowest BCUT2D eigenvalue weighted by molar-refractivity contribution is -0.114. The van der Waals surface area contributed by atoms with Crippen LogP contribution in [0.1, 0.15) is 41.4 Å². The van der Waals surface area contributed by atoms with Crippen LogP contribution < -0.4 is 10.1 Å². The molecule has 1 aliphatic rings. The second kappa shape index (κ2) is 7.86. The minimum absolute atomic E-state index is 0.0949. The third kappa shape index (κ3) is 4.40. The third-order valence-electron chi connectivity index (χ3n) is 4.52. The van der Waals surface area contributed by atoms with Gasteiger partial charge in [-0.05, 0) is 37.1 Å². The molecule has 0 saturated carbocycles. The monoisotopic (exact) mass is 373 g/mol. The quantitative estimate of drug-likeness (QED) is 0.892. The van der Waals surface area contributed by atoms with Gasteiger partial charge in [0, 0.05) is 38.2 Å². The smallest absolute Gasteiger partial charge is 0.273 e. The maximum absolute atomic E-state index is 12.6. The molecule has 0 unspecified atom stereocenters. The van der Waals surface area contributed by atoms with E-state index in [1.807, 2.05) is 6.07 Å². The van der Waals surface area contributed by atoms with Gasteiger partial charge in [-0.25, -0.2) is 4.98 Å². The minimum Gasteiger partial charge on any atom is -0.490 e. The Labute approximate surface area is 157 Å². The summed E-state index contributed by atoms with van der Waals surface area (Å²) in [5.41, 5.74) is 2.85. The molecule has 26 heavy (non-hydrogen) atoms. The molecule has 0 atom stereocenters. The Morgan fingerprint density at radius 1 is 1.23 bits per heavy atom. The number of carbonyl (C=O) groups excluding carboxylic acids is 2. The van der Waals surface area contributed by atoms with Gasteiger partial charge in [0.15, 0.2) is 5.13 Å². The van der Waals surface area contributed by atoms with Crippen molar-refractivity contribution in [3.63, 3.8) is 0 Å². The van der Waals surface area contributed by atoms with Crippen LogP contribution in [0.5, 0.6) is 5.75 Å². The summed E-state index contributed by atoms with van der Waals surface area (Å²) in [7, 11) is 0. The van der Waals surface area contributed by atoms with Crippen LogP contribution in [0.2, 0.25) is 0 Å². The molecule has 2 aromatic rings. The molecule has 1 aliphatic heterocycles. The maximum Gasteiger partial charge on any atom is 0.273 e. The van der Waals surface area contributed by atoms with Crippen LogP contribution >= 0.6 is 11.3 Å². The molecule has 0 radical (unpaired) electrons. The number of aromatic nitrogens is 1. The molecular weight excluding hydrogens is 350 g/mol. The Morgan fingerprint density at radius 2 is 1.96 bits per heavy atom. The summed E-state index contributed by atoms with van der Waals surface area (Å²) in [5, 5.41) is 4.74. The molecule has 1 aromatic heterocycles. The molecule has 1 aromatic carbocycles. The lowest BCUT2D eigenvalue weighted by atomic mass is 10.1. The zero-order valence-corrected chi connectivity index (χ0v) is 16.1. The molecule has 138 valence electrons. The Kier molecular flexibility index (Phi) is 5.56. The van der Waals surface area contributed by atoms with Crippen molar-refractivity contribution in [2.75, 3.05) is 18.4 Å². The van der Waals surface area contributed by atoms with E-state index in [9.17, 15) is 9.59 Å². The van der Waals surface area contributed by atoms with Gasteiger partial charge in [-0.1, -0.05) is 6.07 Å². The number of ether oxygens (including phenoxy) is 1. The molecule has 0 aliphatic carbocycles. The van der Waals surface area contributed by atoms with Gasteiger partial charge < -0.3 is 15.0 Å². The van der Waals surface area contributed by atoms with E-state index < -0.39 is 0 Å². The van der Waals surface area contributed by atoms with Crippen LogP contribution in [-0.2, 0) is 4.79 Å². The molecule has 0 bridgehead atoms. The first-order valence-corrected chi connectivity index (χ1v) is 9.56. The number of rotatable bonds is 4. The number of hydrogen-bond donors (Lipinski definition) is 1. The molecule has 2 amide bonds. The van der Waals surface area contributed by atoms with Gasteiger partial charge in [0.2, 0.25) is 5.91 Å². The highest BCUT2D eigenvalue weighted by Gasteiger charge is 2.26. The predicted octanol–water partition coefficient (Wildman–Crippen LogP) is 3.40. The Morgan fingerprint density at radius 3 is 2.62 bits per heavy atom. The van der Waals surface area contributed by atoms with Crippen LogP contribution in [0.15, 0.2) is 23.6 Å². The average Bonchev–Trinajstić information content (AvgIpc) is 3.06. The van der Waals surface area contributed by atoms with Crippen molar-refractivity contribution in [2.45, 2.75) is 39.7 Å². The first-order valence-electron chi connectivity index (χ1n) is 8.68. The second-order valence-corrected chi connectivity index (χ2v) is 7.43. The first-order chi connectivity index (χ1) is 12.4. The number of anilines is 1. The fourth-order valence-corrected chi connectivity index (χ4v) is 3.63. The van der Waals surface area contributed by atoms with Crippen molar-refractivity contribution in [3.05, 3.63) is 40.4 Å². The van der Waals surface area contributed by atoms with Crippen LogP contribution in [0.25, 0.3) is 0 Å². The van der Waals surface area contributed by atoms with Crippen molar-refractivity contribution in [2.24, 2.45) is 0 Å². The number of amides is 2. The average molecular weight is 373 g/mol. The second-order valence-electron chi connectivity index (χ2n) is 6.57. The van der Waals surface area contributed by atoms with Crippen LogP contribution in [0, 0.1) is 13.8 Å². The van der Waals surface area contributed by atoms with E-state index in [1.54, 1.807) is 10.3 Å². The Hall–Kier alpha value is -2.41. The van der Waals surface area contributed by atoms with Gasteiger partial charge in [-0.15, -0.1) is 11.3 Å². The van der Waals surface area contributed by atoms with E-state index in [0.717, 1.165) is 18.6 Å². The van der Waals surface area contributed by atoms with Gasteiger partial charge in [0.1, 0.15) is 17.5 Å². The minimum atomic E-state index is -0.192. The third-order valence-corrected chi connectivity index (χ3v) is 5.27. The SMILES string of the molecule is CC(=O)Nc1nc(C(=O)N2CCC(Oc3ccc(C)c(C)c3)CC2)cs1. The van der Waals surface area contributed by atoms with Gasteiger partial charge in [-0.3, -0.25) is 9.59 Å². The Balaban J connectivity index is 1.54. The highest BCUT2D eigenvalue weighted by Crippen LogP contribution is 2.23. The van der Waals surface area contributed by atoms with Crippen molar-refractivity contribution in [1.82, 2.24) is 9.88 Å². The summed E-state index contributed by atoms with van der Waals surface area (Å²) in [5.74, 6) is 0.600. The van der Waals surface area contributed by atoms with Gasteiger partial charge in [0.25, 0.3) is 5.91 Å². The fraction of sp³-hybridized carbons (Fsp3) is 0.421. The molecule has 1 saturated heterocycles. The van der Waals surface area contributed by atoms with Gasteiger partial charge in [0.05, 0.1) is 0 Å². The number of benzene rings is 1. The van der Waals surface area contributed by atoms with E-state index >= 15 is 0 Å². The number of carbonyl (C=O) groups is 2. The lowest BCUT2D eigenvalue weighted by Gasteiger charge is -2.32. The first kappa shape index (κ1) is 18.4. The zero-order valence-electron chi connectivity index (χ0n) is 15.2. The van der Waals surface area contributed by atoms with Gasteiger partial charge in [-0.2, -0.15) is 0 Å². The van der Waals surface area contributed by atoms with Crippen LogP contribution in [0.3, 0.4) is 0 Å². The summed E-state index contributed by atoms with van der Waals surface area (Å²) >= 11 is 1.26. The van der Waals surface area contributed by atoms with Crippen molar-refractivity contribution < 1.29 is 14.3 Å². The number of thiazole rings is 1.